The van der Waals surface area contributed by atoms with Crippen LogP contribution in [-0.2, 0) is 15.0 Å². The number of ether oxygens (including phenoxy) is 1. The van der Waals surface area contributed by atoms with Gasteiger partial charge in [-0.3, -0.25) is 9.59 Å². The highest BCUT2D eigenvalue weighted by atomic mass is 32.2. The molecule has 204 valence electrons. The van der Waals surface area contributed by atoms with Gasteiger partial charge in [-0.05, 0) is 49.5 Å². The second-order valence-electron chi connectivity index (χ2n) is 8.71. The molecule has 1 aromatic heterocycles. The first-order valence-electron chi connectivity index (χ1n) is 12.3. The molecular formula is C27H35N5O5S. The second-order valence-corrected chi connectivity index (χ2v) is 10.7. The van der Waals surface area contributed by atoms with Gasteiger partial charge in [0, 0.05) is 49.9 Å². The number of nitrogens with zero attached hydrogens (tertiary/aromatic N) is 3. The van der Waals surface area contributed by atoms with Crippen LogP contribution in [0.5, 0.6) is 5.75 Å². The summed E-state index contributed by atoms with van der Waals surface area (Å²) in [5.41, 5.74) is 1.26. The van der Waals surface area contributed by atoms with Crippen LogP contribution in [0.2, 0.25) is 0 Å². The van der Waals surface area contributed by atoms with Crippen LogP contribution in [0, 0.1) is 0 Å². The smallest absolute Gasteiger partial charge is 0.307 e. The lowest BCUT2D eigenvalue weighted by Crippen LogP contribution is -2.39. The third-order valence-corrected chi connectivity index (χ3v) is 7.89. The van der Waals surface area contributed by atoms with E-state index in [-0.39, 0.29) is 5.70 Å². The summed E-state index contributed by atoms with van der Waals surface area (Å²) in [6, 6.07) is 13.5. The fourth-order valence-electron chi connectivity index (χ4n) is 3.87. The van der Waals surface area contributed by atoms with Crippen molar-refractivity contribution in [1.82, 2.24) is 23.8 Å². The highest BCUT2D eigenvalue weighted by molar-refractivity contribution is 7.87. The van der Waals surface area contributed by atoms with E-state index in [9.17, 15) is 18.0 Å². The Morgan fingerprint density at radius 2 is 1.68 bits per heavy atom. The predicted octanol–water partition coefficient (Wildman–Crippen LogP) is 2.53. The van der Waals surface area contributed by atoms with Gasteiger partial charge in [0.25, 0.3) is 11.8 Å². The van der Waals surface area contributed by atoms with Gasteiger partial charge in [0.2, 0.25) is 0 Å². The van der Waals surface area contributed by atoms with Gasteiger partial charge in [0.1, 0.15) is 11.4 Å². The molecule has 0 spiro atoms. The Balaban J connectivity index is 2.02. The summed E-state index contributed by atoms with van der Waals surface area (Å²) in [5, 5.41) is 6.19. The van der Waals surface area contributed by atoms with Crippen molar-refractivity contribution >= 4 is 39.0 Å². The van der Waals surface area contributed by atoms with Crippen molar-refractivity contribution in [2.24, 2.45) is 0 Å². The fourth-order valence-corrected chi connectivity index (χ4v) is 4.88. The number of hydrogen-bond donors (Lipinski definition) is 2. The molecule has 0 aliphatic carbocycles. The van der Waals surface area contributed by atoms with Gasteiger partial charge in [0.05, 0.1) is 12.6 Å². The van der Waals surface area contributed by atoms with E-state index in [2.05, 4.69) is 15.5 Å². The number of fused-ring (bicyclic) bond motifs is 1. The zero-order valence-corrected chi connectivity index (χ0v) is 23.2. The van der Waals surface area contributed by atoms with Crippen LogP contribution in [0.25, 0.3) is 17.0 Å². The summed E-state index contributed by atoms with van der Waals surface area (Å²) in [5.74, 6) is -0.366. The van der Waals surface area contributed by atoms with Crippen LogP contribution in [0.15, 0.2) is 60.4 Å². The summed E-state index contributed by atoms with van der Waals surface area (Å²) in [4.78, 5) is 28.5. The highest BCUT2D eigenvalue weighted by Gasteiger charge is 2.22. The highest BCUT2D eigenvalue weighted by Crippen LogP contribution is 2.25. The van der Waals surface area contributed by atoms with Crippen LogP contribution in [-0.4, -0.2) is 80.8 Å². The Hall–Kier alpha value is -3.67. The van der Waals surface area contributed by atoms with E-state index in [1.54, 1.807) is 48.5 Å². The Kier molecular flexibility index (Phi) is 9.67. The molecule has 2 amide bonds. The zero-order valence-electron chi connectivity index (χ0n) is 22.4. The summed E-state index contributed by atoms with van der Waals surface area (Å²) in [6.07, 6.45) is 2.95. The standard InChI is InChI=1S/C27H35N5O5S/c1-6-31(7-2)17-16-28-27(34)24(29-26(33)20-12-14-22(37-5)15-13-20)18-21-19-32(38(35,36)30(3)4)25-11-9-8-10-23(21)25/h8-15,18-19H,6-7,16-17H2,1-5H3,(H,28,34)(H,29,33)/b24-18-. The number of rotatable bonds is 12. The van der Waals surface area contributed by atoms with Gasteiger partial charge in [-0.1, -0.05) is 32.0 Å². The van der Waals surface area contributed by atoms with Gasteiger partial charge in [-0.25, -0.2) is 3.97 Å². The average molecular weight is 542 g/mol. The van der Waals surface area contributed by atoms with Gasteiger partial charge in [-0.15, -0.1) is 0 Å². The SMILES string of the molecule is CCN(CC)CCNC(=O)/C(=C/c1cn(S(=O)(=O)N(C)C)c2ccccc12)NC(=O)c1ccc(OC)cc1. The molecule has 0 saturated carbocycles. The lowest BCUT2D eigenvalue weighted by atomic mass is 10.1. The summed E-state index contributed by atoms with van der Waals surface area (Å²) in [7, 11) is 0.603. The number of carbonyl (C=O) groups is 2. The monoisotopic (exact) mass is 541 g/mol. The quantitative estimate of drug-likeness (QED) is 0.341. The molecule has 11 heteroatoms. The lowest BCUT2D eigenvalue weighted by Gasteiger charge is -2.18. The minimum Gasteiger partial charge on any atom is -0.497 e. The third kappa shape index (κ3) is 6.60. The van der Waals surface area contributed by atoms with Crippen LogP contribution in [0.4, 0.5) is 0 Å². The maximum Gasteiger partial charge on any atom is 0.307 e. The summed E-state index contributed by atoms with van der Waals surface area (Å²) >= 11 is 0. The first-order chi connectivity index (χ1) is 18.1. The number of methoxy groups -OCH3 is 1. The number of aromatic nitrogens is 1. The number of carbonyl (C=O) groups excluding carboxylic acids is 2. The second kappa shape index (κ2) is 12.7. The molecule has 3 aromatic rings. The Bertz CT molecular complexity index is 1410. The molecule has 0 aliphatic heterocycles. The molecule has 1 heterocycles. The first kappa shape index (κ1) is 28.9. The maximum absolute atomic E-state index is 13.3. The van der Waals surface area contributed by atoms with E-state index in [1.807, 2.05) is 13.8 Å². The number of hydrogen-bond acceptors (Lipinski definition) is 6. The molecule has 0 atom stereocenters. The van der Waals surface area contributed by atoms with Crippen LogP contribution in [0.3, 0.4) is 0 Å². The van der Waals surface area contributed by atoms with Gasteiger partial charge < -0.3 is 20.3 Å². The minimum absolute atomic E-state index is 0.00415. The van der Waals surface area contributed by atoms with Crippen molar-refractivity contribution in [3.05, 3.63) is 71.6 Å². The molecule has 10 nitrogen and oxygen atoms in total. The number of benzene rings is 2. The van der Waals surface area contributed by atoms with E-state index in [0.29, 0.717) is 40.9 Å². The van der Waals surface area contributed by atoms with E-state index < -0.39 is 22.0 Å². The van der Waals surface area contributed by atoms with Crippen LogP contribution < -0.4 is 15.4 Å². The maximum atomic E-state index is 13.3. The first-order valence-corrected chi connectivity index (χ1v) is 13.7. The third-order valence-electron chi connectivity index (χ3n) is 6.17. The molecule has 0 saturated heterocycles. The molecule has 2 aromatic carbocycles. The molecule has 0 bridgehead atoms. The van der Waals surface area contributed by atoms with Crippen molar-refractivity contribution in [1.29, 1.82) is 0 Å². The molecule has 38 heavy (non-hydrogen) atoms. The minimum atomic E-state index is -3.83. The summed E-state index contributed by atoms with van der Waals surface area (Å²) in [6.45, 7) is 6.82. The molecule has 2 N–H and O–H groups in total. The van der Waals surface area contributed by atoms with Crippen molar-refractivity contribution in [3.63, 3.8) is 0 Å². The topological polar surface area (TPSA) is 113 Å². The predicted molar refractivity (Wildman–Crippen MR) is 149 cm³/mol. The average Bonchev–Trinajstić information content (AvgIpc) is 3.29. The largest absolute Gasteiger partial charge is 0.497 e. The van der Waals surface area contributed by atoms with Crippen molar-refractivity contribution in [3.8, 4) is 5.75 Å². The molecule has 0 unspecified atom stereocenters. The molecule has 0 aliphatic rings. The number of amides is 2. The number of likely N-dealkylation sites (N-methyl/N-ethyl adjacent to an activating group) is 1. The Labute approximate surface area is 224 Å². The Morgan fingerprint density at radius 1 is 1.03 bits per heavy atom. The summed E-state index contributed by atoms with van der Waals surface area (Å²) < 4.78 is 33.3. The van der Waals surface area contributed by atoms with Crippen LogP contribution in [0.1, 0.15) is 29.8 Å². The molecule has 3 rings (SSSR count). The van der Waals surface area contributed by atoms with Crippen molar-refractivity contribution < 1.29 is 22.7 Å². The van der Waals surface area contributed by atoms with Crippen molar-refractivity contribution in [2.75, 3.05) is 47.4 Å². The Morgan fingerprint density at radius 3 is 2.29 bits per heavy atom. The van der Waals surface area contributed by atoms with E-state index in [4.69, 9.17) is 4.74 Å². The zero-order chi connectivity index (χ0) is 27.9. The molecule has 0 radical (unpaired) electrons. The normalized spacial score (nSPS) is 12.2. The van der Waals surface area contributed by atoms with Crippen molar-refractivity contribution in [2.45, 2.75) is 13.8 Å². The fraction of sp³-hybridized carbons (Fsp3) is 0.333. The number of nitrogens with one attached hydrogen (secondary N) is 2. The lowest BCUT2D eigenvalue weighted by molar-refractivity contribution is -0.117. The van der Waals surface area contributed by atoms with E-state index in [1.165, 1.54) is 33.5 Å². The number of para-hydroxylation sites is 1. The molecule has 0 fully saturated rings. The van der Waals surface area contributed by atoms with Crippen LogP contribution >= 0.6 is 0 Å². The van der Waals surface area contributed by atoms with Gasteiger partial charge in [-0.2, -0.15) is 12.7 Å². The van der Waals surface area contributed by atoms with Gasteiger partial charge >= 0.3 is 10.2 Å². The van der Waals surface area contributed by atoms with Gasteiger partial charge in [0.15, 0.2) is 0 Å². The van der Waals surface area contributed by atoms with E-state index in [0.717, 1.165) is 21.4 Å². The van der Waals surface area contributed by atoms with E-state index >= 15 is 0 Å². The molecular weight excluding hydrogens is 506 g/mol.